The van der Waals surface area contributed by atoms with Crippen LogP contribution in [0, 0.1) is 0 Å². The van der Waals surface area contributed by atoms with Gasteiger partial charge in [0.2, 0.25) is 10.8 Å². The summed E-state index contributed by atoms with van der Waals surface area (Å²) >= 11 is 5.89. The zero-order chi connectivity index (χ0) is 14.8. The Morgan fingerprint density at radius 3 is 3.10 bits per heavy atom. The lowest BCUT2D eigenvalue weighted by atomic mass is 10.2. The van der Waals surface area contributed by atoms with E-state index >= 15 is 0 Å². The Morgan fingerprint density at radius 1 is 1.43 bits per heavy atom. The summed E-state index contributed by atoms with van der Waals surface area (Å²) in [6.45, 7) is 0.570. The van der Waals surface area contributed by atoms with Gasteiger partial charge in [0.15, 0.2) is 0 Å². The van der Waals surface area contributed by atoms with Crippen molar-refractivity contribution >= 4 is 28.2 Å². The summed E-state index contributed by atoms with van der Waals surface area (Å²) in [5, 5.41) is 3.30. The average molecular weight is 325 g/mol. The van der Waals surface area contributed by atoms with Crippen LogP contribution in [0.2, 0.25) is 5.28 Å². The van der Waals surface area contributed by atoms with Crippen LogP contribution in [0.3, 0.4) is 0 Å². The number of hydrogen-bond donors (Lipinski definition) is 2. The largest absolute Gasteiger partial charge is 0.369 e. The number of nitrogens with zero attached hydrogens (tertiary/aromatic N) is 2. The van der Waals surface area contributed by atoms with E-state index in [0.717, 1.165) is 11.3 Å². The van der Waals surface area contributed by atoms with E-state index in [4.69, 9.17) is 11.6 Å². The second kappa shape index (κ2) is 5.95. The first kappa shape index (κ1) is 14.2. The molecule has 21 heavy (non-hydrogen) atoms. The minimum Gasteiger partial charge on any atom is -0.369 e. The van der Waals surface area contributed by atoms with Gasteiger partial charge in [0.1, 0.15) is 10.7 Å². The zero-order valence-corrected chi connectivity index (χ0v) is 12.6. The van der Waals surface area contributed by atoms with E-state index in [1.54, 1.807) is 12.3 Å². The van der Waals surface area contributed by atoms with Gasteiger partial charge in [0.05, 0.1) is 16.5 Å². The first-order chi connectivity index (χ1) is 10.1. The molecule has 0 fully saturated rings. The molecule has 6 nitrogen and oxygen atoms in total. The number of aromatic amines is 1. The smallest absolute Gasteiger partial charge is 0.248 e. The molecule has 0 amide bonds. The van der Waals surface area contributed by atoms with E-state index in [-0.39, 0.29) is 10.8 Å². The van der Waals surface area contributed by atoms with Gasteiger partial charge in [-0.3, -0.25) is 9.00 Å². The minimum absolute atomic E-state index is 0.125. The molecule has 0 unspecified atom stereocenters. The molecule has 110 valence electrons. The van der Waals surface area contributed by atoms with E-state index in [2.05, 4.69) is 20.3 Å². The van der Waals surface area contributed by atoms with Crippen LogP contribution in [0.5, 0.6) is 0 Å². The fourth-order valence-corrected chi connectivity index (χ4v) is 3.77. The molecule has 0 saturated carbocycles. The molecule has 0 spiro atoms. The minimum atomic E-state index is -1.07. The van der Waals surface area contributed by atoms with Crippen molar-refractivity contribution in [2.24, 2.45) is 0 Å². The van der Waals surface area contributed by atoms with Crippen molar-refractivity contribution in [3.8, 4) is 0 Å². The maximum Gasteiger partial charge on any atom is 0.248 e. The monoisotopic (exact) mass is 324 g/mol. The Bertz CT molecular complexity index is 762. The van der Waals surface area contributed by atoms with Crippen molar-refractivity contribution in [1.82, 2.24) is 15.0 Å². The molecule has 8 heteroatoms. The van der Waals surface area contributed by atoms with Crippen molar-refractivity contribution in [2.45, 2.75) is 17.7 Å². The SMILES string of the molecule is O=c1cc(CCNc2nc(Cl)nc3c2[S@](=O)CC3)cc[nH]1. The van der Waals surface area contributed by atoms with Gasteiger partial charge in [-0.15, -0.1) is 0 Å². The predicted molar refractivity (Wildman–Crippen MR) is 81.3 cm³/mol. The van der Waals surface area contributed by atoms with E-state index < -0.39 is 10.8 Å². The number of hydrogen-bond acceptors (Lipinski definition) is 5. The molecule has 0 saturated heterocycles. The summed E-state index contributed by atoms with van der Waals surface area (Å²) in [6.07, 6.45) is 2.94. The van der Waals surface area contributed by atoms with Crippen molar-refractivity contribution in [1.29, 1.82) is 0 Å². The van der Waals surface area contributed by atoms with Gasteiger partial charge in [-0.1, -0.05) is 0 Å². The molecule has 0 bridgehead atoms. The fourth-order valence-electron chi connectivity index (χ4n) is 2.26. The van der Waals surface area contributed by atoms with Crippen molar-refractivity contribution in [3.63, 3.8) is 0 Å². The molecule has 0 aliphatic carbocycles. The van der Waals surface area contributed by atoms with Gasteiger partial charge in [0, 0.05) is 31.0 Å². The molecule has 2 N–H and O–H groups in total. The molecule has 2 aromatic rings. The number of pyridine rings is 1. The molecule has 3 rings (SSSR count). The summed E-state index contributed by atoms with van der Waals surface area (Å²) in [5.74, 6) is 1.10. The molecule has 0 radical (unpaired) electrons. The molecule has 1 atom stereocenters. The van der Waals surface area contributed by atoms with Crippen molar-refractivity contribution in [3.05, 3.63) is 45.2 Å². The first-order valence-corrected chi connectivity index (χ1v) is 8.19. The summed E-state index contributed by atoms with van der Waals surface area (Å²) in [6, 6.07) is 3.40. The lowest BCUT2D eigenvalue weighted by Gasteiger charge is -2.09. The Morgan fingerprint density at radius 2 is 2.29 bits per heavy atom. The van der Waals surface area contributed by atoms with Crippen LogP contribution in [0.4, 0.5) is 5.82 Å². The molecule has 1 aliphatic heterocycles. The van der Waals surface area contributed by atoms with Crippen LogP contribution in [-0.4, -0.2) is 31.5 Å². The summed E-state index contributed by atoms with van der Waals surface area (Å²) in [7, 11) is -1.07. The predicted octanol–water partition coefficient (Wildman–Crippen LogP) is 1.14. The third-order valence-electron chi connectivity index (χ3n) is 3.21. The number of rotatable bonds is 4. The Hall–Kier alpha value is -1.73. The number of aromatic nitrogens is 3. The highest BCUT2D eigenvalue weighted by Crippen LogP contribution is 2.28. The quantitative estimate of drug-likeness (QED) is 0.823. The van der Waals surface area contributed by atoms with E-state index in [9.17, 15) is 9.00 Å². The van der Waals surface area contributed by atoms with Crippen LogP contribution < -0.4 is 10.9 Å². The third-order valence-corrected chi connectivity index (χ3v) is 4.83. The van der Waals surface area contributed by atoms with E-state index in [1.165, 1.54) is 0 Å². The number of H-pyrrole nitrogens is 1. The second-order valence-corrected chi connectivity index (χ2v) is 6.50. The Labute approximate surface area is 128 Å². The lowest BCUT2D eigenvalue weighted by Crippen LogP contribution is -2.12. The van der Waals surface area contributed by atoms with Crippen LogP contribution in [0.1, 0.15) is 11.3 Å². The first-order valence-electron chi connectivity index (χ1n) is 6.50. The van der Waals surface area contributed by atoms with Gasteiger partial charge in [-0.05, 0) is 29.7 Å². The van der Waals surface area contributed by atoms with Gasteiger partial charge >= 0.3 is 0 Å². The molecular weight excluding hydrogens is 312 g/mol. The van der Waals surface area contributed by atoms with Gasteiger partial charge in [-0.2, -0.15) is 4.98 Å². The highest BCUT2D eigenvalue weighted by Gasteiger charge is 2.25. The van der Waals surface area contributed by atoms with Gasteiger partial charge in [-0.25, -0.2) is 4.98 Å². The normalized spacial score (nSPS) is 16.7. The summed E-state index contributed by atoms with van der Waals surface area (Å²) < 4.78 is 12.0. The lowest BCUT2D eigenvalue weighted by molar-refractivity contribution is 0.685. The molecular formula is C13H13ClN4O2S. The maximum atomic E-state index is 12.0. The maximum absolute atomic E-state index is 12.0. The van der Waals surface area contributed by atoms with Gasteiger partial charge < -0.3 is 10.3 Å². The van der Waals surface area contributed by atoms with Crippen LogP contribution >= 0.6 is 11.6 Å². The zero-order valence-electron chi connectivity index (χ0n) is 11.1. The van der Waals surface area contributed by atoms with Crippen molar-refractivity contribution in [2.75, 3.05) is 17.6 Å². The Kier molecular flexibility index (Phi) is 4.03. The van der Waals surface area contributed by atoms with Crippen LogP contribution in [0.15, 0.2) is 28.0 Å². The highest BCUT2D eigenvalue weighted by molar-refractivity contribution is 7.85. The number of halogens is 1. The molecule has 2 aromatic heterocycles. The fraction of sp³-hybridized carbons (Fsp3) is 0.308. The van der Waals surface area contributed by atoms with Gasteiger partial charge in [0.25, 0.3) is 0 Å². The molecule has 1 aliphatic rings. The standard InChI is InChI=1S/C13H13ClN4O2S/c14-13-17-9-3-6-21(20)11(9)12(18-13)16-5-2-8-1-4-15-10(19)7-8/h1,4,7H,2-3,5-6H2,(H,15,19)(H,16,17,18)/t21-/m1/s1. The summed E-state index contributed by atoms with van der Waals surface area (Å²) in [5.41, 5.74) is 1.55. The second-order valence-electron chi connectivity index (χ2n) is 4.65. The molecule has 0 aromatic carbocycles. The Balaban J connectivity index is 1.74. The topological polar surface area (TPSA) is 87.7 Å². The number of nitrogens with one attached hydrogen (secondary N) is 2. The third kappa shape index (κ3) is 3.14. The van der Waals surface area contributed by atoms with Crippen LogP contribution in [-0.2, 0) is 23.6 Å². The molecule has 3 heterocycles. The van der Waals surface area contributed by atoms with E-state index in [1.807, 2.05) is 6.07 Å². The number of aryl methyl sites for hydroxylation is 1. The average Bonchev–Trinajstić information content (AvgIpc) is 2.80. The number of anilines is 1. The van der Waals surface area contributed by atoms with Crippen molar-refractivity contribution < 1.29 is 4.21 Å². The highest BCUT2D eigenvalue weighted by atomic mass is 35.5. The van der Waals surface area contributed by atoms with Crippen LogP contribution in [0.25, 0.3) is 0 Å². The number of fused-ring (bicyclic) bond motifs is 1. The summed E-state index contributed by atoms with van der Waals surface area (Å²) in [4.78, 5) is 22.7. The van der Waals surface area contributed by atoms with E-state index in [0.29, 0.717) is 35.9 Å².